The highest BCUT2D eigenvalue weighted by atomic mass is 16.6. The number of oxime groups is 1. The van der Waals surface area contributed by atoms with Gasteiger partial charge in [0.1, 0.15) is 5.69 Å². The summed E-state index contributed by atoms with van der Waals surface area (Å²) in [6, 6.07) is 4.14. The van der Waals surface area contributed by atoms with Crippen molar-refractivity contribution in [2.24, 2.45) is 10.9 Å². The molecule has 1 aromatic rings. The maximum Gasteiger partial charge on any atom is 0.292 e. The van der Waals surface area contributed by atoms with Crippen molar-refractivity contribution in [3.8, 4) is 0 Å². The van der Waals surface area contributed by atoms with E-state index in [2.05, 4.69) is 10.5 Å². The summed E-state index contributed by atoms with van der Waals surface area (Å²) in [4.78, 5) is 10.1. The van der Waals surface area contributed by atoms with Crippen molar-refractivity contribution in [3.05, 3.63) is 33.9 Å². The first-order valence-electron chi connectivity index (χ1n) is 4.04. The quantitative estimate of drug-likeness (QED) is 0.224. The van der Waals surface area contributed by atoms with Crippen LogP contribution < -0.4 is 11.1 Å². The second kappa shape index (κ2) is 4.27. The number of nitrogens with zero attached hydrogens (tertiary/aromatic N) is 2. The highest BCUT2D eigenvalue weighted by Crippen LogP contribution is 2.24. The second-order valence-corrected chi connectivity index (χ2v) is 2.72. The molecule has 7 heteroatoms. The predicted molar refractivity (Wildman–Crippen MR) is 55.2 cm³/mol. The van der Waals surface area contributed by atoms with Crippen LogP contribution in [0.15, 0.2) is 23.4 Å². The number of nitro benzene ring substituents is 1. The summed E-state index contributed by atoms with van der Waals surface area (Å²) in [5, 5.41) is 24.5. The monoisotopic (exact) mass is 210 g/mol. The van der Waals surface area contributed by atoms with Gasteiger partial charge in [-0.2, -0.15) is 0 Å². The Kier molecular flexibility index (Phi) is 3.06. The Morgan fingerprint density at radius 2 is 2.33 bits per heavy atom. The summed E-state index contributed by atoms with van der Waals surface area (Å²) in [6.45, 7) is 0. The first-order valence-corrected chi connectivity index (χ1v) is 4.04. The summed E-state index contributed by atoms with van der Waals surface area (Å²) in [7, 11) is 1.55. The number of amidine groups is 1. The molecule has 80 valence electrons. The van der Waals surface area contributed by atoms with Gasteiger partial charge in [0.15, 0.2) is 5.84 Å². The SMILES string of the molecule is CNc1cc(/C(N)=N/O)ccc1[N+](=O)[O-]. The van der Waals surface area contributed by atoms with Crippen molar-refractivity contribution >= 4 is 17.2 Å². The second-order valence-electron chi connectivity index (χ2n) is 2.72. The van der Waals surface area contributed by atoms with Crippen LogP contribution in [-0.2, 0) is 0 Å². The number of nitrogens with two attached hydrogens (primary N) is 1. The number of hydrogen-bond donors (Lipinski definition) is 3. The Bertz CT molecular complexity index is 416. The molecule has 0 unspecified atom stereocenters. The molecule has 0 saturated carbocycles. The van der Waals surface area contributed by atoms with Crippen molar-refractivity contribution in [2.45, 2.75) is 0 Å². The van der Waals surface area contributed by atoms with Gasteiger partial charge in [-0.05, 0) is 12.1 Å². The van der Waals surface area contributed by atoms with Crippen molar-refractivity contribution in [1.82, 2.24) is 0 Å². The predicted octanol–water partition coefficient (Wildman–Crippen LogP) is 0.731. The zero-order chi connectivity index (χ0) is 11.4. The van der Waals surface area contributed by atoms with Gasteiger partial charge in [0.05, 0.1) is 4.92 Å². The van der Waals surface area contributed by atoms with E-state index in [1.165, 1.54) is 18.2 Å². The van der Waals surface area contributed by atoms with Gasteiger partial charge in [0.25, 0.3) is 5.69 Å². The fourth-order valence-corrected chi connectivity index (χ4v) is 1.11. The molecule has 0 fully saturated rings. The summed E-state index contributed by atoms with van der Waals surface area (Å²) >= 11 is 0. The Labute approximate surface area is 85.3 Å². The van der Waals surface area contributed by atoms with Crippen LogP contribution in [0.1, 0.15) is 5.56 Å². The number of anilines is 1. The Morgan fingerprint density at radius 3 is 2.80 bits per heavy atom. The molecule has 0 saturated heterocycles. The van der Waals surface area contributed by atoms with E-state index in [-0.39, 0.29) is 11.5 Å². The Balaban J connectivity index is 3.25. The molecule has 0 heterocycles. The van der Waals surface area contributed by atoms with Crippen LogP contribution in [0.4, 0.5) is 11.4 Å². The van der Waals surface area contributed by atoms with Gasteiger partial charge < -0.3 is 16.3 Å². The molecule has 1 aromatic carbocycles. The molecule has 7 nitrogen and oxygen atoms in total. The van der Waals surface area contributed by atoms with Gasteiger partial charge in [0, 0.05) is 18.7 Å². The smallest absolute Gasteiger partial charge is 0.292 e. The van der Waals surface area contributed by atoms with Crippen LogP contribution in [0.5, 0.6) is 0 Å². The lowest BCUT2D eigenvalue weighted by Crippen LogP contribution is -2.13. The van der Waals surface area contributed by atoms with E-state index in [0.29, 0.717) is 11.3 Å². The van der Waals surface area contributed by atoms with Crippen LogP contribution in [0.25, 0.3) is 0 Å². The molecule has 0 spiro atoms. The highest BCUT2D eigenvalue weighted by molar-refractivity contribution is 5.98. The van der Waals surface area contributed by atoms with Crippen molar-refractivity contribution < 1.29 is 10.1 Å². The fourth-order valence-electron chi connectivity index (χ4n) is 1.11. The van der Waals surface area contributed by atoms with E-state index in [0.717, 1.165) is 0 Å². The van der Waals surface area contributed by atoms with Crippen LogP contribution >= 0.6 is 0 Å². The highest BCUT2D eigenvalue weighted by Gasteiger charge is 2.13. The third-order valence-corrected chi connectivity index (χ3v) is 1.87. The largest absolute Gasteiger partial charge is 0.409 e. The standard InChI is InChI=1S/C8H10N4O3/c1-10-6-4-5(8(9)11-13)2-3-7(6)12(14)15/h2-4,10,13H,1H3,(H2,9,11). The molecule has 0 bridgehead atoms. The van der Waals surface area contributed by atoms with Crippen molar-refractivity contribution in [2.75, 3.05) is 12.4 Å². The van der Waals surface area contributed by atoms with E-state index in [1.54, 1.807) is 7.05 Å². The topological polar surface area (TPSA) is 114 Å². The average molecular weight is 210 g/mol. The summed E-state index contributed by atoms with van der Waals surface area (Å²) in [5.74, 6) is -0.0959. The van der Waals surface area contributed by atoms with Crippen molar-refractivity contribution in [1.29, 1.82) is 0 Å². The minimum absolute atomic E-state index is 0.0630. The summed E-state index contributed by atoms with van der Waals surface area (Å²) in [6.07, 6.45) is 0. The average Bonchev–Trinajstić information content (AvgIpc) is 2.26. The van der Waals surface area contributed by atoms with Crippen LogP contribution in [0.3, 0.4) is 0 Å². The Hall–Kier alpha value is -2.31. The number of rotatable bonds is 3. The number of hydrogen-bond acceptors (Lipinski definition) is 5. The zero-order valence-electron chi connectivity index (χ0n) is 7.97. The molecule has 0 radical (unpaired) electrons. The number of nitro groups is 1. The van der Waals surface area contributed by atoms with E-state index < -0.39 is 4.92 Å². The molecule has 0 aliphatic rings. The zero-order valence-corrected chi connectivity index (χ0v) is 7.97. The molecule has 0 amide bonds. The molecular weight excluding hydrogens is 200 g/mol. The number of nitrogens with one attached hydrogen (secondary N) is 1. The third-order valence-electron chi connectivity index (χ3n) is 1.87. The van der Waals surface area contributed by atoms with Gasteiger partial charge in [-0.25, -0.2) is 0 Å². The molecule has 0 aliphatic carbocycles. The van der Waals surface area contributed by atoms with Crippen molar-refractivity contribution in [3.63, 3.8) is 0 Å². The maximum atomic E-state index is 10.6. The van der Waals surface area contributed by atoms with E-state index in [9.17, 15) is 10.1 Å². The third kappa shape index (κ3) is 2.13. The molecular formula is C8H10N4O3. The molecule has 4 N–H and O–H groups in total. The lowest BCUT2D eigenvalue weighted by Gasteiger charge is -2.04. The lowest BCUT2D eigenvalue weighted by atomic mass is 10.1. The van der Waals surface area contributed by atoms with E-state index >= 15 is 0 Å². The molecule has 0 atom stereocenters. The van der Waals surface area contributed by atoms with E-state index in [4.69, 9.17) is 10.9 Å². The van der Waals surface area contributed by atoms with Crippen LogP contribution in [0.2, 0.25) is 0 Å². The summed E-state index contributed by atoms with van der Waals surface area (Å²) in [5.41, 5.74) is 6.00. The Morgan fingerprint density at radius 1 is 1.67 bits per heavy atom. The normalized spacial score (nSPS) is 11.1. The first-order chi connectivity index (χ1) is 7.10. The lowest BCUT2D eigenvalue weighted by molar-refractivity contribution is -0.383. The van der Waals surface area contributed by atoms with Crippen LogP contribution in [-0.4, -0.2) is 23.0 Å². The summed E-state index contributed by atoms with van der Waals surface area (Å²) < 4.78 is 0. The van der Waals surface area contributed by atoms with Gasteiger partial charge in [-0.1, -0.05) is 5.16 Å². The molecule has 0 aliphatic heterocycles. The van der Waals surface area contributed by atoms with Gasteiger partial charge >= 0.3 is 0 Å². The fraction of sp³-hybridized carbons (Fsp3) is 0.125. The molecule has 1 rings (SSSR count). The number of benzene rings is 1. The minimum atomic E-state index is -0.512. The van der Waals surface area contributed by atoms with Gasteiger partial charge in [-0.15, -0.1) is 0 Å². The van der Waals surface area contributed by atoms with E-state index in [1.807, 2.05) is 0 Å². The first kappa shape index (κ1) is 10.8. The van der Waals surface area contributed by atoms with Crippen LogP contribution in [0, 0.1) is 10.1 Å². The van der Waals surface area contributed by atoms with Gasteiger partial charge in [0.2, 0.25) is 0 Å². The molecule has 15 heavy (non-hydrogen) atoms. The molecule has 0 aromatic heterocycles. The maximum absolute atomic E-state index is 10.6. The minimum Gasteiger partial charge on any atom is -0.409 e. The van der Waals surface area contributed by atoms with Gasteiger partial charge in [-0.3, -0.25) is 10.1 Å².